The number of anilines is 1. The van der Waals surface area contributed by atoms with Gasteiger partial charge in [0, 0.05) is 6.54 Å². The van der Waals surface area contributed by atoms with Gasteiger partial charge in [-0.05, 0) is 24.1 Å². The Labute approximate surface area is 89.3 Å². The highest BCUT2D eigenvalue weighted by Crippen LogP contribution is 2.22. The van der Waals surface area contributed by atoms with Crippen LogP contribution in [0, 0.1) is 11.7 Å². The van der Waals surface area contributed by atoms with Crippen LogP contribution in [0.2, 0.25) is 5.02 Å². The zero-order chi connectivity index (χ0) is 10.6. The van der Waals surface area contributed by atoms with Gasteiger partial charge in [0.15, 0.2) is 0 Å². The fourth-order valence-corrected chi connectivity index (χ4v) is 1.25. The fourth-order valence-electron chi connectivity index (χ4n) is 1.06. The second kappa shape index (κ2) is 5.20. The van der Waals surface area contributed by atoms with Gasteiger partial charge in [-0.1, -0.05) is 31.9 Å². The highest BCUT2D eigenvalue weighted by molar-refractivity contribution is 6.33. The summed E-state index contributed by atoms with van der Waals surface area (Å²) in [5.74, 6) is 0.301. The summed E-state index contributed by atoms with van der Waals surface area (Å²) in [6.45, 7) is 5.08. The average molecular weight is 216 g/mol. The molecule has 1 aromatic rings. The maximum absolute atomic E-state index is 12.9. The Morgan fingerprint density at radius 1 is 1.50 bits per heavy atom. The number of hydrogen-bond acceptors (Lipinski definition) is 1. The van der Waals surface area contributed by atoms with E-state index in [2.05, 4.69) is 19.2 Å². The largest absolute Gasteiger partial charge is 0.383 e. The summed E-state index contributed by atoms with van der Waals surface area (Å²) >= 11 is 5.89. The molecule has 0 saturated carbocycles. The number of nitrogens with one attached hydrogen (secondary N) is 1. The van der Waals surface area contributed by atoms with Crippen LogP contribution in [-0.4, -0.2) is 6.54 Å². The third kappa shape index (κ3) is 3.18. The highest BCUT2D eigenvalue weighted by Gasteiger charge is 2.03. The molecular weight excluding hydrogens is 201 g/mol. The second-order valence-corrected chi connectivity index (χ2v) is 3.93. The maximum atomic E-state index is 12.9. The molecule has 3 heteroatoms. The van der Waals surface area contributed by atoms with Crippen LogP contribution in [0.5, 0.6) is 0 Å². The fraction of sp³-hybridized carbons (Fsp3) is 0.455. The number of halogens is 2. The molecule has 0 amide bonds. The molecule has 1 unspecified atom stereocenters. The lowest BCUT2D eigenvalue weighted by Gasteiger charge is -2.12. The van der Waals surface area contributed by atoms with Crippen LogP contribution in [0.1, 0.15) is 20.3 Å². The van der Waals surface area contributed by atoms with Crippen LogP contribution in [0.15, 0.2) is 18.2 Å². The zero-order valence-electron chi connectivity index (χ0n) is 8.48. The molecule has 1 aromatic carbocycles. The number of benzene rings is 1. The van der Waals surface area contributed by atoms with E-state index in [1.807, 2.05) is 0 Å². The second-order valence-electron chi connectivity index (χ2n) is 3.52. The van der Waals surface area contributed by atoms with Gasteiger partial charge in [0.2, 0.25) is 0 Å². The Balaban J connectivity index is 2.62. The van der Waals surface area contributed by atoms with Crippen LogP contribution >= 0.6 is 11.6 Å². The van der Waals surface area contributed by atoms with Crippen molar-refractivity contribution in [1.29, 1.82) is 0 Å². The molecule has 0 heterocycles. The lowest BCUT2D eigenvalue weighted by Crippen LogP contribution is -2.10. The summed E-state index contributed by atoms with van der Waals surface area (Å²) in [4.78, 5) is 0. The van der Waals surface area contributed by atoms with Gasteiger partial charge in [0.25, 0.3) is 0 Å². The quantitative estimate of drug-likeness (QED) is 0.803. The van der Waals surface area contributed by atoms with E-state index in [1.54, 1.807) is 6.07 Å². The van der Waals surface area contributed by atoms with E-state index in [0.29, 0.717) is 16.6 Å². The molecule has 0 fully saturated rings. The minimum absolute atomic E-state index is 0.263. The summed E-state index contributed by atoms with van der Waals surface area (Å²) in [5, 5.41) is 3.70. The van der Waals surface area contributed by atoms with Crippen molar-refractivity contribution < 1.29 is 4.39 Å². The molecule has 0 bridgehead atoms. The van der Waals surface area contributed by atoms with Crippen molar-refractivity contribution in [3.05, 3.63) is 29.0 Å². The molecule has 1 N–H and O–H groups in total. The normalized spacial score (nSPS) is 12.6. The van der Waals surface area contributed by atoms with Crippen LogP contribution < -0.4 is 5.32 Å². The SMILES string of the molecule is CCC(C)CNc1cc(F)ccc1Cl. The lowest BCUT2D eigenvalue weighted by molar-refractivity contribution is 0.592. The maximum Gasteiger partial charge on any atom is 0.125 e. The first kappa shape index (κ1) is 11.3. The van der Waals surface area contributed by atoms with Gasteiger partial charge < -0.3 is 5.32 Å². The van der Waals surface area contributed by atoms with Gasteiger partial charge >= 0.3 is 0 Å². The molecule has 0 aliphatic heterocycles. The summed E-state index contributed by atoms with van der Waals surface area (Å²) in [7, 11) is 0. The molecule has 14 heavy (non-hydrogen) atoms. The molecule has 1 atom stereocenters. The van der Waals surface area contributed by atoms with Crippen molar-refractivity contribution in [2.24, 2.45) is 5.92 Å². The molecule has 78 valence electrons. The zero-order valence-corrected chi connectivity index (χ0v) is 9.24. The average Bonchev–Trinajstić information content (AvgIpc) is 2.19. The van der Waals surface area contributed by atoms with Crippen molar-refractivity contribution in [3.63, 3.8) is 0 Å². The number of hydrogen-bond donors (Lipinski definition) is 1. The Bertz CT molecular complexity index is 301. The van der Waals surface area contributed by atoms with E-state index in [0.717, 1.165) is 13.0 Å². The van der Waals surface area contributed by atoms with Crippen LogP contribution in [0.3, 0.4) is 0 Å². The third-order valence-corrected chi connectivity index (χ3v) is 2.60. The highest BCUT2D eigenvalue weighted by atomic mass is 35.5. The predicted molar refractivity (Wildman–Crippen MR) is 59.4 cm³/mol. The minimum atomic E-state index is -0.263. The lowest BCUT2D eigenvalue weighted by atomic mass is 10.1. The van der Waals surface area contributed by atoms with Crippen molar-refractivity contribution >= 4 is 17.3 Å². The van der Waals surface area contributed by atoms with Crippen LogP contribution in [0.25, 0.3) is 0 Å². The van der Waals surface area contributed by atoms with Crippen molar-refractivity contribution in [2.45, 2.75) is 20.3 Å². The van der Waals surface area contributed by atoms with E-state index in [9.17, 15) is 4.39 Å². The molecular formula is C11H15ClFN. The molecule has 0 aliphatic rings. The summed E-state index contributed by atoms with van der Waals surface area (Å²) in [6.07, 6.45) is 1.10. The molecule has 1 nitrogen and oxygen atoms in total. The minimum Gasteiger partial charge on any atom is -0.383 e. The first-order valence-corrected chi connectivity index (χ1v) is 5.20. The molecule has 1 rings (SSSR count). The van der Waals surface area contributed by atoms with E-state index in [1.165, 1.54) is 12.1 Å². The molecule has 0 spiro atoms. The van der Waals surface area contributed by atoms with Gasteiger partial charge in [0.1, 0.15) is 5.82 Å². The Morgan fingerprint density at radius 3 is 2.86 bits per heavy atom. The number of rotatable bonds is 4. The van der Waals surface area contributed by atoms with E-state index < -0.39 is 0 Å². The third-order valence-electron chi connectivity index (χ3n) is 2.27. The van der Waals surface area contributed by atoms with Crippen molar-refractivity contribution in [3.8, 4) is 0 Å². The first-order chi connectivity index (χ1) is 6.63. The summed E-state index contributed by atoms with van der Waals surface area (Å²) in [6, 6.07) is 4.34. The van der Waals surface area contributed by atoms with Gasteiger partial charge in [-0.3, -0.25) is 0 Å². The van der Waals surface area contributed by atoms with Crippen LogP contribution in [-0.2, 0) is 0 Å². The van der Waals surface area contributed by atoms with E-state index in [4.69, 9.17) is 11.6 Å². The Kier molecular flexibility index (Phi) is 4.21. The smallest absolute Gasteiger partial charge is 0.125 e. The monoisotopic (exact) mass is 215 g/mol. The van der Waals surface area contributed by atoms with Gasteiger partial charge in [-0.25, -0.2) is 4.39 Å². The van der Waals surface area contributed by atoms with E-state index >= 15 is 0 Å². The molecule has 0 saturated heterocycles. The molecule has 0 aromatic heterocycles. The standard InChI is InChI=1S/C11H15ClFN/c1-3-8(2)7-14-11-6-9(13)4-5-10(11)12/h4-6,8,14H,3,7H2,1-2H3. The first-order valence-electron chi connectivity index (χ1n) is 4.82. The van der Waals surface area contributed by atoms with E-state index in [-0.39, 0.29) is 5.82 Å². The van der Waals surface area contributed by atoms with Crippen molar-refractivity contribution in [1.82, 2.24) is 0 Å². The summed E-state index contributed by atoms with van der Waals surface area (Å²) in [5.41, 5.74) is 0.673. The van der Waals surface area contributed by atoms with Crippen LogP contribution in [0.4, 0.5) is 10.1 Å². The Hall–Kier alpha value is -0.760. The summed E-state index contributed by atoms with van der Waals surface area (Å²) < 4.78 is 12.9. The Morgan fingerprint density at radius 2 is 2.21 bits per heavy atom. The van der Waals surface area contributed by atoms with Gasteiger partial charge in [-0.2, -0.15) is 0 Å². The molecule has 0 aliphatic carbocycles. The predicted octanol–water partition coefficient (Wildman–Crippen LogP) is 3.94. The van der Waals surface area contributed by atoms with Gasteiger partial charge in [0.05, 0.1) is 10.7 Å². The van der Waals surface area contributed by atoms with Gasteiger partial charge in [-0.15, -0.1) is 0 Å². The van der Waals surface area contributed by atoms with Crippen molar-refractivity contribution in [2.75, 3.05) is 11.9 Å². The topological polar surface area (TPSA) is 12.0 Å². The molecule has 0 radical (unpaired) electrons.